The van der Waals surface area contributed by atoms with Crippen LogP contribution >= 0.6 is 0 Å². The molecule has 0 spiro atoms. The first-order chi connectivity index (χ1) is 18.1. The van der Waals surface area contributed by atoms with E-state index in [0.29, 0.717) is 62.8 Å². The SMILES string of the molecule is COc1cc2nccc(Oc3cc(C)c(NC(=O)OC(C)c4cc(F)c(F)cc4F)cc3C)c2cc1OC. The van der Waals surface area contributed by atoms with Gasteiger partial charge in [0.15, 0.2) is 23.1 Å². The number of halogens is 3. The van der Waals surface area contributed by atoms with Crippen molar-refractivity contribution < 1.29 is 36.9 Å². The van der Waals surface area contributed by atoms with E-state index in [-0.39, 0.29) is 5.56 Å². The number of nitrogens with one attached hydrogen (secondary N) is 1. The van der Waals surface area contributed by atoms with Crippen LogP contribution in [0.2, 0.25) is 0 Å². The Morgan fingerprint density at radius 2 is 1.53 bits per heavy atom. The molecule has 1 heterocycles. The van der Waals surface area contributed by atoms with Crippen LogP contribution in [0.4, 0.5) is 23.7 Å². The molecule has 3 aromatic carbocycles. The van der Waals surface area contributed by atoms with Crippen LogP contribution in [0.5, 0.6) is 23.0 Å². The molecule has 0 aliphatic carbocycles. The van der Waals surface area contributed by atoms with Crippen LogP contribution in [-0.4, -0.2) is 25.3 Å². The quantitative estimate of drug-likeness (QED) is 0.253. The first-order valence-electron chi connectivity index (χ1n) is 11.5. The molecule has 1 aromatic heterocycles. The summed E-state index contributed by atoms with van der Waals surface area (Å²) in [6.07, 6.45) is -0.432. The Labute approximate surface area is 217 Å². The molecule has 10 heteroatoms. The molecule has 7 nitrogen and oxygen atoms in total. The number of fused-ring (bicyclic) bond motifs is 1. The number of anilines is 1. The summed E-state index contributed by atoms with van der Waals surface area (Å²) in [5.74, 6) is -1.42. The summed E-state index contributed by atoms with van der Waals surface area (Å²) in [7, 11) is 3.09. The summed E-state index contributed by atoms with van der Waals surface area (Å²) < 4.78 is 62.9. The first kappa shape index (κ1) is 26.6. The van der Waals surface area contributed by atoms with Crippen LogP contribution in [0.15, 0.2) is 48.7 Å². The standard InChI is InChI=1S/C28H25F3N2O5/c1-14-9-25(38-24-6-7-32-23-13-27(36-5)26(35-4)11-18(23)24)15(2)8-22(14)33-28(34)37-16(3)17-10-20(30)21(31)12-19(17)29/h6-13,16H,1-5H3,(H,33,34). The Balaban J connectivity index is 1.53. The van der Waals surface area contributed by atoms with Gasteiger partial charge in [-0.15, -0.1) is 0 Å². The Hall–Kier alpha value is -4.47. The van der Waals surface area contributed by atoms with Crippen LogP contribution in [0.1, 0.15) is 29.7 Å². The summed E-state index contributed by atoms with van der Waals surface area (Å²) in [6, 6.07) is 9.78. The Morgan fingerprint density at radius 3 is 2.24 bits per heavy atom. The second-order valence-corrected chi connectivity index (χ2v) is 8.53. The van der Waals surface area contributed by atoms with Crippen LogP contribution in [0.25, 0.3) is 10.9 Å². The molecule has 0 aliphatic rings. The lowest BCUT2D eigenvalue weighted by atomic mass is 10.1. The monoisotopic (exact) mass is 526 g/mol. The van der Waals surface area contributed by atoms with Crippen LogP contribution < -0.4 is 19.5 Å². The van der Waals surface area contributed by atoms with Gasteiger partial charge in [-0.25, -0.2) is 18.0 Å². The minimum atomic E-state index is -1.32. The van der Waals surface area contributed by atoms with Crippen molar-refractivity contribution in [3.63, 3.8) is 0 Å². The molecule has 0 saturated heterocycles. The van der Waals surface area contributed by atoms with Crippen molar-refractivity contribution in [3.05, 3.63) is 82.8 Å². The van der Waals surface area contributed by atoms with Crippen molar-refractivity contribution in [2.45, 2.75) is 26.9 Å². The van der Waals surface area contributed by atoms with Crippen LogP contribution in [0, 0.1) is 31.3 Å². The maximum absolute atomic E-state index is 14.0. The predicted molar refractivity (Wildman–Crippen MR) is 136 cm³/mol. The van der Waals surface area contributed by atoms with E-state index in [4.69, 9.17) is 18.9 Å². The lowest BCUT2D eigenvalue weighted by Crippen LogP contribution is -2.17. The summed E-state index contributed by atoms with van der Waals surface area (Å²) in [5.41, 5.74) is 2.17. The molecule has 4 aromatic rings. The highest BCUT2D eigenvalue weighted by atomic mass is 19.2. The summed E-state index contributed by atoms with van der Waals surface area (Å²) in [5, 5.41) is 3.31. The van der Waals surface area contributed by atoms with Crippen LogP contribution in [-0.2, 0) is 4.74 Å². The Morgan fingerprint density at radius 1 is 0.842 bits per heavy atom. The van der Waals surface area contributed by atoms with Crippen molar-refractivity contribution >= 4 is 22.7 Å². The van der Waals surface area contributed by atoms with E-state index in [1.54, 1.807) is 64.6 Å². The smallest absolute Gasteiger partial charge is 0.412 e. The molecule has 38 heavy (non-hydrogen) atoms. The lowest BCUT2D eigenvalue weighted by molar-refractivity contribution is 0.119. The molecule has 0 fully saturated rings. The molecule has 0 aliphatic heterocycles. The molecule has 1 amide bonds. The summed E-state index contributed by atoms with van der Waals surface area (Å²) >= 11 is 0. The zero-order valence-corrected chi connectivity index (χ0v) is 21.3. The largest absolute Gasteiger partial charge is 0.493 e. The van der Waals surface area contributed by atoms with Gasteiger partial charge in [-0.1, -0.05) is 0 Å². The molecule has 4 rings (SSSR count). The topological polar surface area (TPSA) is 78.9 Å². The van der Waals surface area contributed by atoms with Crippen LogP contribution in [0.3, 0.4) is 0 Å². The van der Waals surface area contributed by atoms with Crippen molar-refractivity contribution in [2.24, 2.45) is 0 Å². The normalized spacial score (nSPS) is 11.7. The third kappa shape index (κ3) is 5.44. The van der Waals surface area contributed by atoms with Gasteiger partial charge in [-0.3, -0.25) is 10.3 Å². The molecule has 1 atom stereocenters. The predicted octanol–water partition coefficient (Wildman–Crippen LogP) is 7.39. The minimum Gasteiger partial charge on any atom is -0.493 e. The number of carbonyl (C=O) groups is 1. The lowest BCUT2D eigenvalue weighted by Gasteiger charge is -2.18. The van der Waals surface area contributed by atoms with Gasteiger partial charge in [0.1, 0.15) is 23.4 Å². The maximum atomic E-state index is 14.0. The molecule has 198 valence electrons. The van der Waals surface area contributed by atoms with E-state index < -0.39 is 29.6 Å². The molecule has 0 bridgehead atoms. The second-order valence-electron chi connectivity index (χ2n) is 8.53. The number of ether oxygens (including phenoxy) is 4. The van der Waals surface area contributed by atoms with Gasteiger partial charge in [0.2, 0.25) is 0 Å². The maximum Gasteiger partial charge on any atom is 0.412 e. The third-order valence-corrected chi connectivity index (χ3v) is 5.95. The number of methoxy groups -OCH3 is 2. The highest BCUT2D eigenvalue weighted by molar-refractivity contribution is 5.89. The zero-order chi connectivity index (χ0) is 27.6. The van der Waals surface area contributed by atoms with Gasteiger partial charge in [-0.2, -0.15) is 0 Å². The molecule has 0 radical (unpaired) electrons. The molecular weight excluding hydrogens is 501 g/mol. The summed E-state index contributed by atoms with van der Waals surface area (Å²) in [6.45, 7) is 4.92. The van der Waals surface area contributed by atoms with Gasteiger partial charge in [-0.05, 0) is 62.2 Å². The highest BCUT2D eigenvalue weighted by Gasteiger charge is 2.20. The number of aryl methyl sites for hydroxylation is 2. The van der Waals surface area contributed by atoms with Crippen molar-refractivity contribution in [3.8, 4) is 23.0 Å². The average molecular weight is 527 g/mol. The van der Waals surface area contributed by atoms with Gasteiger partial charge in [0.25, 0.3) is 0 Å². The number of benzene rings is 3. The molecule has 0 saturated carbocycles. The molecular formula is C28H25F3N2O5. The number of pyridine rings is 1. The van der Waals surface area contributed by atoms with E-state index >= 15 is 0 Å². The fraction of sp³-hybridized carbons (Fsp3) is 0.214. The fourth-order valence-electron chi connectivity index (χ4n) is 3.90. The number of amides is 1. The van der Waals surface area contributed by atoms with E-state index in [2.05, 4.69) is 10.3 Å². The highest BCUT2D eigenvalue weighted by Crippen LogP contribution is 2.38. The number of hydrogen-bond donors (Lipinski definition) is 1. The number of carbonyl (C=O) groups excluding carboxylic acids is 1. The first-order valence-corrected chi connectivity index (χ1v) is 11.5. The van der Waals surface area contributed by atoms with Gasteiger partial charge in [0.05, 0.1) is 19.7 Å². The van der Waals surface area contributed by atoms with E-state index in [1.807, 2.05) is 0 Å². The van der Waals surface area contributed by atoms with E-state index in [0.717, 1.165) is 0 Å². The molecule has 1 N–H and O–H groups in total. The second kappa shape index (κ2) is 10.9. The van der Waals surface area contributed by atoms with E-state index in [1.165, 1.54) is 6.92 Å². The Bertz CT molecular complexity index is 1530. The fourth-order valence-corrected chi connectivity index (χ4v) is 3.90. The minimum absolute atomic E-state index is 0.283. The number of nitrogens with zero attached hydrogens (tertiary/aromatic N) is 1. The third-order valence-electron chi connectivity index (χ3n) is 5.95. The van der Waals surface area contributed by atoms with Crippen molar-refractivity contribution in [2.75, 3.05) is 19.5 Å². The van der Waals surface area contributed by atoms with Crippen molar-refractivity contribution in [1.82, 2.24) is 4.98 Å². The van der Waals surface area contributed by atoms with E-state index in [9.17, 15) is 18.0 Å². The Kier molecular flexibility index (Phi) is 7.61. The average Bonchev–Trinajstić information content (AvgIpc) is 2.88. The number of hydrogen-bond acceptors (Lipinski definition) is 6. The number of aromatic nitrogens is 1. The van der Waals surface area contributed by atoms with Gasteiger partial charge >= 0.3 is 6.09 Å². The summed E-state index contributed by atoms with van der Waals surface area (Å²) in [4.78, 5) is 16.8. The van der Waals surface area contributed by atoms with Gasteiger partial charge in [0, 0.05) is 35.0 Å². The molecule has 1 unspecified atom stereocenters. The van der Waals surface area contributed by atoms with Crippen molar-refractivity contribution in [1.29, 1.82) is 0 Å². The number of rotatable bonds is 7. The van der Waals surface area contributed by atoms with Gasteiger partial charge < -0.3 is 18.9 Å². The zero-order valence-electron chi connectivity index (χ0n) is 21.3.